The second-order valence-corrected chi connectivity index (χ2v) is 15.0. The maximum absolute atomic E-state index is 12.0. The predicted molar refractivity (Wildman–Crippen MR) is 212 cm³/mol. The van der Waals surface area contributed by atoms with Crippen LogP contribution in [0.1, 0.15) is 264 Å². The minimum Gasteiger partial charge on any atom is -0.466 e. The van der Waals surface area contributed by atoms with Crippen LogP contribution in [0.3, 0.4) is 0 Å². The zero-order valence-electron chi connectivity index (χ0n) is 32.8. The Kier molecular flexibility index (Phi) is 42.5. The summed E-state index contributed by atoms with van der Waals surface area (Å²) in [6, 6.07) is 0. The average molecular weight is 661 g/mol. The molecule has 0 amide bonds. The molecule has 0 heterocycles. The molecule has 0 fully saturated rings. The fourth-order valence-electron chi connectivity index (χ4n) is 6.84. The zero-order chi connectivity index (χ0) is 34.0. The highest BCUT2D eigenvalue weighted by atomic mass is 16.5. The molecule has 0 aliphatic rings. The van der Waals surface area contributed by atoms with Gasteiger partial charge in [0.25, 0.3) is 0 Å². The average Bonchev–Trinajstić information content (AvgIpc) is 3.08. The van der Waals surface area contributed by atoms with Crippen LogP contribution in [-0.2, 0) is 9.53 Å². The lowest BCUT2D eigenvalue weighted by Gasteiger charge is -2.06. The van der Waals surface area contributed by atoms with E-state index in [1.165, 1.54) is 231 Å². The highest BCUT2D eigenvalue weighted by Gasteiger charge is 2.03. The van der Waals surface area contributed by atoms with Crippen molar-refractivity contribution < 1.29 is 9.53 Å². The second kappa shape index (κ2) is 43.2. The molecule has 0 unspecified atom stereocenters. The predicted octanol–water partition coefficient (Wildman–Crippen LogP) is 16.3. The third kappa shape index (κ3) is 43.2. The van der Waals surface area contributed by atoms with Crippen LogP contribution in [0.5, 0.6) is 0 Å². The monoisotopic (exact) mass is 661 g/mol. The van der Waals surface area contributed by atoms with Gasteiger partial charge < -0.3 is 4.74 Å². The quantitative estimate of drug-likeness (QED) is 0.0370. The number of rotatable bonds is 41. The lowest BCUT2D eigenvalue weighted by atomic mass is 10.0. The highest BCUT2D eigenvalue weighted by Crippen LogP contribution is 2.16. The fourth-order valence-corrected chi connectivity index (χ4v) is 6.84. The van der Waals surface area contributed by atoms with E-state index in [1.807, 2.05) is 0 Å². The third-order valence-corrected chi connectivity index (χ3v) is 10.2. The second-order valence-electron chi connectivity index (χ2n) is 15.0. The van der Waals surface area contributed by atoms with Gasteiger partial charge in [0.05, 0.1) is 6.61 Å². The molecule has 0 aromatic carbocycles. The van der Waals surface area contributed by atoms with E-state index in [0.29, 0.717) is 13.0 Å². The van der Waals surface area contributed by atoms with E-state index >= 15 is 0 Å². The molecule has 0 aromatic rings. The van der Waals surface area contributed by atoms with E-state index in [-0.39, 0.29) is 5.97 Å². The summed E-state index contributed by atoms with van der Waals surface area (Å²) in [5, 5.41) is 0. The van der Waals surface area contributed by atoms with Gasteiger partial charge in [-0.1, -0.05) is 231 Å². The molecule has 0 atom stereocenters. The van der Waals surface area contributed by atoms with Crippen molar-refractivity contribution in [3.05, 3.63) is 12.2 Å². The number of esters is 1. The Morgan fingerprint density at radius 1 is 0.340 bits per heavy atom. The van der Waals surface area contributed by atoms with Crippen LogP contribution in [0.15, 0.2) is 12.2 Å². The molecular formula is C45H88O2. The van der Waals surface area contributed by atoms with Gasteiger partial charge in [0.15, 0.2) is 0 Å². The van der Waals surface area contributed by atoms with E-state index in [0.717, 1.165) is 12.8 Å². The summed E-state index contributed by atoms with van der Waals surface area (Å²) < 4.78 is 5.48. The van der Waals surface area contributed by atoms with Crippen molar-refractivity contribution in [3.8, 4) is 0 Å². The van der Waals surface area contributed by atoms with Crippen molar-refractivity contribution in [2.24, 2.45) is 0 Å². The normalized spacial score (nSPS) is 11.6. The number of allylic oxidation sites excluding steroid dienone is 2. The first-order chi connectivity index (χ1) is 23.3. The molecule has 0 radical (unpaired) electrons. The minimum atomic E-state index is 0.0284. The standard InChI is InChI=1S/C45H88O2/c1-3-5-7-9-11-13-15-17-19-21-23-25-27-29-31-33-35-37-39-41-43-45(46)47-44-42-40-38-36-34-32-30-28-26-24-22-20-18-16-14-12-10-8-6-4-2/h18,20H,3-17,19,21-44H2,1-2H3/b20-18-. The smallest absolute Gasteiger partial charge is 0.305 e. The number of ether oxygens (including phenoxy) is 1. The number of hydrogen-bond donors (Lipinski definition) is 0. The number of carbonyl (C=O) groups is 1. The summed E-state index contributed by atoms with van der Waals surface area (Å²) in [5.41, 5.74) is 0. The van der Waals surface area contributed by atoms with Crippen LogP contribution < -0.4 is 0 Å². The lowest BCUT2D eigenvalue weighted by molar-refractivity contribution is -0.143. The first-order valence-electron chi connectivity index (χ1n) is 22.1. The van der Waals surface area contributed by atoms with Crippen molar-refractivity contribution in [3.63, 3.8) is 0 Å². The van der Waals surface area contributed by atoms with Crippen molar-refractivity contribution in [2.75, 3.05) is 6.61 Å². The molecule has 0 rings (SSSR count). The molecule has 0 aliphatic carbocycles. The number of hydrogen-bond acceptors (Lipinski definition) is 2. The topological polar surface area (TPSA) is 26.3 Å². The van der Waals surface area contributed by atoms with E-state index in [9.17, 15) is 4.79 Å². The summed E-state index contributed by atoms with van der Waals surface area (Å²) in [6.45, 7) is 5.22. The Hall–Kier alpha value is -0.790. The van der Waals surface area contributed by atoms with Gasteiger partial charge in [0.1, 0.15) is 0 Å². The molecule has 0 spiro atoms. The van der Waals surface area contributed by atoms with Crippen molar-refractivity contribution in [2.45, 2.75) is 264 Å². The summed E-state index contributed by atoms with van der Waals surface area (Å²) >= 11 is 0. The Morgan fingerprint density at radius 2 is 0.596 bits per heavy atom. The summed E-state index contributed by atoms with van der Waals surface area (Å²) in [6.07, 6.45) is 57.4. The van der Waals surface area contributed by atoms with Crippen LogP contribution in [0.25, 0.3) is 0 Å². The van der Waals surface area contributed by atoms with Crippen LogP contribution in [0.2, 0.25) is 0 Å². The van der Waals surface area contributed by atoms with Gasteiger partial charge in [-0.3, -0.25) is 4.79 Å². The maximum atomic E-state index is 12.0. The van der Waals surface area contributed by atoms with Crippen LogP contribution >= 0.6 is 0 Å². The Labute approximate surface area is 297 Å². The lowest BCUT2D eigenvalue weighted by Crippen LogP contribution is -2.05. The van der Waals surface area contributed by atoms with Crippen LogP contribution in [0, 0.1) is 0 Å². The zero-order valence-corrected chi connectivity index (χ0v) is 32.8. The molecule has 0 aliphatic heterocycles. The molecule has 280 valence electrons. The van der Waals surface area contributed by atoms with Gasteiger partial charge in [0.2, 0.25) is 0 Å². The summed E-state index contributed by atoms with van der Waals surface area (Å²) in [7, 11) is 0. The molecule has 47 heavy (non-hydrogen) atoms. The van der Waals surface area contributed by atoms with E-state index in [2.05, 4.69) is 26.0 Å². The van der Waals surface area contributed by atoms with Gasteiger partial charge in [-0.25, -0.2) is 0 Å². The molecular weight excluding hydrogens is 572 g/mol. The van der Waals surface area contributed by atoms with Crippen LogP contribution in [0.4, 0.5) is 0 Å². The van der Waals surface area contributed by atoms with E-state index in [1.54, 1.807) is 0 Å². The number of unbranched alkanes of at least 4 members (excludes halogenated alkanes) is 35. The van der Waals surface area contributed by atoms with Gasteiger partial charge >= 0.3 is 5.97 Å². The summed E-state index contributed by atoms with van der Waals surface area (Å²) in [5.74, 6) is 0.0284. The molecule has 0 N–H and O–H groups in total. The first-order valence-corrected chi connectivity index (χ1v) is 22.1. The Bertz CT molecular complexity index is 597. The van der Waals surface area contributed by atoms with Crippen molar-refractivity contribution >= 4 is 5.97 Å². The van der Waals surface area contributed by atoms with Gasteiger partial charge in [0, 0.05) is 6.42 Å². The molecule has 2 heteroatoms. The molecule has 0 saturated heterocycles. The van der Waals surface area contributed by atoms with Crippen molar-refractivity contribution in [1.29, 1.82) is 0 Å². The number of carbonyl (C=O) groups excluding carboxylic acids is 1. The third-order valence-electron chi connectivity index (χ3n) is 10.2. The SMILES string of the molecule is CCCCCCCC/C=C\CCCCCCCCCCCCOC(=O)CCCCCCCCCCCCCCCCCCCCCC. The van der Waals surface area contributed by atoms with Gasteiger partial charge in [-0.2, -0.15) is 0 Å². The first kappa shape index (κ1) is 46.2. The van der Waals surface area contributed by atoms with E-state index in [4.69, 9.17) is 4.74 Å². The molecule has 2 nitrogen and oxygen atoms in total. The van der Waals surface area contributed by atoms with Crippen molar-refractivity contribution in [1.82, 2.24) is 0 Å². The Balaban J connectivity index is 3.17. The van der Waals surface area contributed by atoms with Gasteiger partial charge in [-0.15, -0.1) is 0 Å². The minimum absolute atomic E-state index is 0.0284. The molecule has 0 bridgehead atoms. The van der Waals surface area contributed by atoms with E-state index < -0.39 is 0 Å². The molecule has 0 saturated carbocycles. The maximum Gasteiger partial charge on any atom is 0.305 e. The highest BCUT2D eigenvalue weighted by molar-refractivity contribution is 5.69. The summed E-state index contributed by atoms with van der Waals surface area (Å²) in [4.78, 5) is 12.0. The molecule has 0 aromatic heterocycles. The largest absolute Gasteiger partial charge is 0.466 e. The Morgan fingerprint density at radius 3 is 0.915 bits per heavy atom. The van der Waals surface area contributed by atoms with Gasteiger partial charge in [-0.05, 0) is 38.5 Å². The van der Waals surface area contributed by atoms with Crippen LogP contribution in [-0.4, -0.2) is 12.6 Å². The fraction of sp³-hybridized carbons (Fsp3) is 0.933.